The Morgan fingerprint density at radius 2 is 2.18 bits per heavy atom. The summed E-state index contributed by atoms with van der Waals surface area (Å²) in [4.78, 5) is 7.49. The number of rotatable bonds is 5. The lowest BCUT2D eigenvalue weighted by molar-refractivity contribution is 0.788. The number of allylic oxidation sites excluding steroid dienone is 1. The van der Waals surface area contributed by atoms with Crippen molar-refractivity contribution in [2.45, 2.75) is 13.0 Å². The van der Waals surface area contributed by atoms with E-state index in [-0.39, 0.29) is 6.04 Å². The van der Waals surface area contributed by atoms with Gasteiger partial charge in [-0.05, 0) is 42.6 Å². The molecule has 5 heteroatoms. The zero-order chi connectivity index (χ0) is 15.2. The van der Waals surface area contributed by atoms with Gasteiger partial charge in [-0.1, -0.05) is 29.5 Å². The van der Waals surface area contributed by atoms with Crippen LogP contribution in [-0.4, -0.2) is 9.97 Å². The Morgan fingerprint density at radius 3 is 3.00 bits per heavy atom. The normalized spacial score (nSPS) is 13.1. The van der Waals surface area contributed by atoms with Crippen molar-refractivity contribution in [1.82, 2.24) is 9.97 Å². The summed E-state index contributed by atoms with van der Waals surface area (Å²) in [6.45, 7) is 1.96. The molecule has 1 atom stereocenters. The molecule has 110 valence electrons. The summed E-state index contributed by atoms with van der Waals surface area (Å²) in [5.74, 6) is 0. The fraction of sp³-hybridized carbons (Fsp3) is 0.118. The average Bonchev–Trinajstić information content (AvgIpc) is 3.02. The van der Waals surface area contributed by atoms with E-state index in [0.29, 0.717) is 0 Å². The minimum Gasteiger partial charge on any atom is -0.361 e. The highest BCUT2D eigenvalue weighted by atomic mass is 15.4. The minimum atomic E-state index is -0.187. The van der Waals surface area contributed by atoms with E-state index in [1.54, 1.807) is 6.20 Å². The first-order chi connectivity index (χ1) is 10.9. The molecule has 0 fully saturated rings. The van der Waals surface area contributed by atoms with E-state index in [1.165, 1.54) is 5.39 Å². The molecular weight excluding hydrogens is 274 g/mol. The van der Waals surface area contributed by atoms with Crippen molar-refractivity contribution in [3.8, 4) is 0 Å². The van der Waals surface area contributed by atoms with Gasteiger partial charge < -0.3 is 4.98 Å². The number of nitrogens with one attached hydrogen (secondary N) is 2. The summed E-state index contributed by atoms with van der Waals surface area (Å²) in [5.41, 5.74) is 5.78. The summed E-state index contributed by atoms with van der Waals surface area (Å²) < 4.78 is 0. The Morgan fingerprint density at radius 1 is 1.23 bits per heavy atom. The molecule has 2 aromatic heterocycles. The van der Waals surface area contributed by atoms with Gasteiger partial charge in [0.15, 0.2) is 0 Å². The van der Waals surface area contributed by atoms with Crippen molar-refractivity contribution in [1.29, 1.82) is 0 Å². The standard InChI is InChI=1S/C17H17N5/c1-2-5-16(15-6-3-4-10-18-15)21-22-20-14-8-7-13-9-11-19-17(13)12-14/h2-12,16,19H,1H3,(H,20,21)/b5-2-. The molecule has 0 saturated carbocycles. The molecule has 2 N–H and O–H groups in total. The summed E-state index contributed by atoms with van der Waals surface area (Å²) in [6, 6.07) is 13.6. The zero-order valence-electron chi connectivity index (χ0n) is 12.3. The smallest absolute Gasteiger partial charge is 0.133 e. The second-order valence-corrected chi connectivity index (χ2v) is 4.83. The van der Waals surface area contributed by atoms with Crippen LogP contribution in [0.4, 0.5) is 5.69 Å². The second-order valence-electron chi connectivity index (χ2n) is 4.83. The van der Waals surface area contributed by atoms with Crippen molar-refractivity contribution < 1.29 is 0 Å². The Balaban J connectivity index is 1.73. The number of hydrogen-bond donors (Lipinski definition) is 2. The fourth-order valence-electron chi connectivity index (χ4n) is 2.20. The number of fused-ring (bicyclic) bond motifs is 1. The third kappa shape index (κ3) is 3.20. The predicted molar refractivity (Wildman–Crippen MR) is 88.6 cm³/mol. The lowest BCUT2D eigenvalue weighted by atomic mass is 10.2. The quantitative estimate of drug-likeness (QED) is 0.408. The van der Waals surface area contributed by atoms with E-state index >= 15 is 0 Å². The maximum atomic E-state index is 4.32. The molecule has 0 aliphatic heterocycles. The Bertz CT molecular complexity index is 789. The highest BCUT2D eigenvalue weighted by Crippen LogP contribution is 2.19. The molecule has 5 nitrogen and oxygen atoms in total. The van der Waals surface area contributed by atoms with Gasteiger partial charge in [0.25, 0.3) is 0 Å². The molecule has 0 aliphatic carbocycles. The van der Waals surface area contributed by atoms with E-state index in [9.17, 15) is 0 Å². The highest BCUT2D eigenvalue weighted by molar-refractivity contribution is 5.82. The van der Waals surface area contributed by atoms with Gasteiger partial charge in [0.2, 0.25) is 0 Å². The number of H-pyrrole nitrogens is 1. The topological polar surface area (TPSA) is 65.4 Å². The van der Waals surface area contributed by atoms with Crippen LogP contribution >= 0.6 is 0 Å². The number of nitrogens with zero attached hydrogens (tertiary/aromatic N) is 3. The van der Waals surface area contributed by atoms with Crippen LogP contribution in [0.1, 0.15) is 18.7 Å². The fourth-order valence-corrected chi connectivity index (χ4v) is 2.20. The number of aromatic nitrogens is 2. The van der Waals surface area contributed by atoms with Crippen molar-refractivity contribution in [2.75, 3.05) is 5.43 Å². The zero-order valence-corrected chi connectivity index (χ0v) is 12.3. The van der Waals surface area contributed by atoms with Crippen LogP contribution < -0.4 is 5.43 Å². The SMILES string of the molecule is C/C=C\C(N=NNc1ccc2cc[nH]c2c1)c1ccccn1. The molecule has 0 spiro atoms. The lowest BCUT2D eigenvalue weighted by Crippen LogP contribution is -1.95. The number of pyridine rings is 1. The Hall–Kier alpha value is -2.95. The van der Waals surface area contributed by atoms with Crippen LogP contribution in [0.5, 0.6) is 0 Å². The molecule has 3 aromatic rings. The summed E-state index contributed by atoms with van der Waals surface area (Å²) in [5, 5.41) is 9.57. The molecular formula is C17H17N5. The van der Waals surface area contributed by atoms with Crippen LogP contribution in [0.15, 0.2) is 77.3 Å². The summed E-state index contributed by atoms with van der Waals surface area (Å²) >= 11 is 0. The minimum absolute atomic E-state index is 0.187. The van der Waals surface area contributed by atoms with E-state index in [2.05, 4.69) is 25.7 Å². The molecule has 2 heterocycles. The van der Waals surface area contributed by atoms with Crippen LogP contribution in [0.3, 0.4) is 0 Å². The van der Waals surface area contributed by atoms with Crippen LogP contribution in [-0.2, 0) is 0 Å². The third-order valence-electron chi connectivity index (χ3n) is 3.28. The molecule has 1 aromatic carbocycles. The molecule has 0 radical (unpaired) electrons. The summed E-state index contributed by atoms with van der Waals surface area (Å²) in [7, 11) is 0. The summed E-state index contributed by atoms with van der Waals surface area (Å²) in [6.07, 6.45) is 7.58. The first kappa shape index (κ1) is 14.0. The third-order valence-corrected chi connectivity index (χ3v) is 3.28. The Labute approximate surface area is 128 Å². The molecule has 22 heavy (non-hydrogen) atoms. The maximum absolute atomic E-state index is 4.32. The van der Waals surface area contributed by atoms with E-state index < -0.39 is 0 Å². The Kier molecular flexibility index (Phi) is 4.25. The van der Waals surface area contributed by atoms with Crippen LogP contribution in [0, 0.1) is 0 Å². The lowest BCUT2D eigenvalue weighted by Gasteiger charge is -2.05. The van der Waals surface area contributed by atoms with Crippen LogP contribution in [0.2, 0.25) is 0 Å². The molecule has 0 bridgehead atoms. The highest BCUT2D eigenvalue weighted by Gasteiger charge is 2.06. The van der Waals surface area contributed by atoms with Gasteiger partial charge in [-0.3, -0.25) is 10.4 Å². The van der Waals surface area contributed by atoms with Gasteiger partial charge in [-0.25, -0.2) is 0 Å². The first-order valence-corrected chi connectivity index (χ1v) is 7.13. The largest absolute Gasteiger partial charge is 0.361 e. The van der Waals surface area contributed by atoms with E-state index in [4.69, 9.17) is 0 Å². The molecule has 0 aliphatic rings. The van der Waals surface area contributed by atoms with Gasteiger partial charge in [-0.2, -0.15) is 5.11 Å². The predicted octanol–water partition coefficient (Wildman–Crippen LogP) is 4.66. The number of benzene rings is 1. The van der Waals surface area contributed by atoms with Gasteiger partial charge in [0.1, 0.15) is 6.04 Å². The van der Waals surface area contributed by atoms with E-state index in [1.807, 2.05) is 67.7 Å². The van der Waals surface area contributed by atoms with Gasteiger partial charge in [0.05, 0.1) is 11.4 Å². The van der Waals surface area contributed by atoms with Crippen molar-refractivity contribution >= 4 is 16.6 Å². The number of anilines is 1. The van der Waals surface area contributed by atoms with Gasteiger partial charge in [0, 0.05) is 17.9 Å². The monoisotopic (exact) mass is 291 g/mol. The van der Waals surface area contributed by atoms with Gasteiger partial charge >= 0.3 is 0 Å². The average molecular weight is 291 g/mol. The number of aromatic amines is 1. The molecule has 0 saturated heterocycles. The van der Waals surface area contributed by atoms with Crippen molar-refractivity contribution in [2.24, 2.45) is 10.3 Å². The second kappa shape index (κ2) is 6.67. The first-order valence-electron chi connectivity index (χ1n) is 7.13. The van der Waals surface area contributed by atoms with Crippen LogP contribution in [0.25, 0.3) is 10.9 Å². The van der Waals surface area contributed by atoms with Crippen molar-refractivity contribution in [3.05, 3.63) is 72.7 Å². The van der Waals surface area contributed by atoms with Crippen molar-refractivity contribution in [3.63, 3.8) is 0 Å². The molecule has 3 rings (SSSR count). The van der Waals surface area contributed by atoms with Gasteiger partial charge in [-0.15, -0.1) is 0 Å². The van der Waals surface area contributed by atoms with E-state index in [0.717, 1.165) is 16.9 Å². The molecule has 1 unspecified atom stereocenters. The molecule has 0 amide bonds. The number of hydrogen-bond acceptors (Lipinski definition) is 3. The maximum Gasteiger partial charge on any atom is 0.133 e.